The van der Waals surface area contributed by atoms with Crippen molar-refractivity contribution in [3.8, 4) is 0 Å². The van der Waals surface area contributed by atoms with Gasteiger partial charge in [-0.15, -0.1) is 0 Å². The fourth-order valence-electron chi connectivity index (χ4n) is 3.19. The number of hydrogen-bond donors (Lipinski definition) is 1. The van der Waals surface area contributed by atoms with Crippen molar-refractivity contribution in [3.63, 3.8) is 0 Å². The van der Waals surface area contributed by atoms with Crippen LogP contribution in [0.25, 0.3) is 0 Å². The van der Waals surface area contributed by atoms with Crippen LogP contribution < -0.4 is 0 Å². The Morgan fingerprint density at radius 2 is 2.04 bits per heavy atom. The smallest absolute Gasteiger partial charge is 0.290 e. The summed E-state index contributed by atoms with van der Waals surface area (Å²) in [5.74, 6) is -0.798. The molecule has 5 heteroatoms. The molecule has 1 amide bonds. The monoisotopic (exact) mass is 339 g/mol. The fourth-order valence-corrected chi connectivity index (χ4v) is 3.19. The topological polar surface area (TPSA) is 70.8 Å². The van der Waals surface area contributed by atoms with E-state index in [4.69, 9.17) is 4.42 Å². The Hall–Kier alpha value is -2.82. The highest BCUT2D eigenvalue weighted by Gasteiger charge is 2.44. The molecule has 0 saturated heterocycles. The number of benzene rings is 1. The minimum absolute atomic E-state index is 0.118. The molecule has 1 aliphatic rings. The number of aliphatic hydroxyl groups excluding tert-OH is 1. The van der Waals surface area contributed by atoms with E-state index in [0.29, 0.717) is 12.3 Å². The van der Waals surface area contributed by atoms with Crippen molar-refractivity contribution in [2.45, 2.75) is 39.8 Å². The highest BCUT2D eigenvalue weighted by molar-refractivity contribution is 6.08. The lowest BCUT2D eigenvalue weighted by Crippen LogP contribution is -2.30. The van der Waals surface area contributed by atoms with Gasteiger partial charge in [0.15, 0.2) is 11.5 Å². The summed E-state index contributed by atoms with van der Waals surface area (Å²) >= 11 is 0. The summed E-state index contributed by atoms with van der Waals surface area (Å²) in [6.07, 6.45) is 1.71. The SMILES string of the molecule is CCC(=O)C1=C(O)C(=O)N(Cc2cc(C)ccc2C)C1c1ccco1. The average Bonchev–Trinajstić information content (AvgIpc) is 3.20. The summed E-state index contributed by atoms with van der Waals surface area (Å²) in [7, 11) is 0. The number of furan rings is 1. The molecule has 1 atom stereocenters. The van der Waals surface area contributed by atoms with Crippen molar-refractivity contribution in [2.24, 2.45) is 0 Å². The Morgan fingerprint density at radius 3 is 2.68 bits per heavy atom. The lowest BCUT2D eigenvalue weighted by atomic mass is 9.99. The number of aryl methyl sites for hydroxylation is 2. The largest absolute Gasteiger partial charge is 0.503 e. The summed E-state index contributed by atoms with van der Waals surface area (Å²) < 4.78 is 5.47. The highest BCUT2D eigenvalue weighted by atomic mass is 16.3. The maximum absolute atomic E-state index is 12.7. The zero-order valence-electron chi connectivity index (χ0n) is 14.6. The minimum atomic E-state index is -0.699. The molecule has 2 aromatic rings. The van der Waals surface area contributed by atoms with E-state index in [1.54, 1.807) is 19.1 Å². The summed E-state index contributed by atoms with van der Waals surface area (Å²) in [5, 5.41) is 10.3. The molecule has 5 nitrogen and oxygen atoms in total. The van der Waals surface area contributed by atoms with Gasteiger partial charge in [-0.25, -0.2) is 0 Å². The molecule has 2 heterocycles. The van der Waals surface area contributed by atoms with E-state index in [0.717, 1.165) is 16.7 Å². The number of ketones is 1. The molecule has 25 heavy (non-hydrogen) atoms. The second-order valence-electron chi connectivity index (χ2n) is 6.32. The van der Waals surface area contributed by atoms with Crippen LogP contribution in [0.5, 0.6) is 0 Å². The first kappa shape index (κ1) is 17.0. The van der Waals surface area contributed by atoms with Crippen LogP contribution in [-0.2, 0) is 16.1 Å². The molecule has 1 aromatic carbocycles. The van der Waals surface area contributed by atoms with Gasteiger partial charge in [0.2, 0.25) is 0 Å². The lowest BCUT2D eigenvalue weighted by molar-refractivity contribution is -0.130. The van der Waals surface area contributed by atoms with Crippen molar-refractivity contribution < 1.29 is 19.1 Å². The van der Waals surface area contributed by atoms with Crippen LogP contribution in [0.1, 0.15) is 41.8 Å². The van der Waals surface area contributed by atoms with Crippen molar-refractivity contribution in [1.29, 1.82) is 0 Å². The average molecular weight is 339 g/mol. The predicted molar refractivity (Wildman–Crippen MR) is 92.9 cm³/mol. The van der Waals surface area contributed by atoms with Crippen LogP contribution in [0.2, 0.25) is 0 Å². The van der Waals surface area contributed by atoms with E-state index in [2.05, 4.69) is 0 Å². The van der Waals surface area contributed by atoms with Crippen molar-refractivity contribution in [1.82, 2.24) is 4.90 Å². The molecule has 0 radical (unpaired) electrons. The molecule has 3 rings (SSSR count). The number of aliphatic hydroxyl groups is 1. The number of carbonyl (C=O) groups is 2. The molecule has 1 aliphatic heterocycles. The van der Waals surface area contributed by atoms with E-state index in [1.807, 2.05) is 32.0 Å². The quantitative estimate of drug-likeness (QED) is 0.900. The number of hydrogen-bond acceptors (Lipinski definition) is 4. The zero-order valence-corrected chi connectivity index (χ0v) is 14.6. The van der Waals surface area contributed by atoms with Gasteiger partial charge in [0.25, 0.3) is 5.91 Å². The predicted octanol–water partition coefficient (Wildman–Crippen LogP) is 3.77. The van der Waals surface area contributed by atoms with Gasteiger partial charge >= 0.3 is 0 Å². The number of carbonyl (C=O) groups excluding carboxylic acids is 2. The van der Waals surface area contributed by atoms with Crippen LogP contribution in [0.3, 0.4) is 0 Å². The summed E-state index contributed by atoms with van der Waals surface area (Å²) in [4.78, 5) is 26.5. The van der Waals surface area contributed by atoms with Crippen molar-refractivity contribution in [3.05, 3.63) is 70.4 Å². The Balaban J connectivity index is 2.05. The molecule has 0 spiro atoms. The van der Waals surface area contributed by atoms with Crippen LogP contribution in [0.15, 0.2) is 52.3 Å². The first-order valence-corrected chi connectivity index (χ1v) is 8.30. The third-order valence-electron chi connectivity index (χ3n) is 4.58. The molecular weight excluding hydrogens is 318 g/mol. The van der Waals surface area contributed by atoms with E-state index >= 15 is 0 Å². The van der Waals surface area contributed by atoms with Crippen LogP contribution >= 0.6 is 0 Å². The van der Waals surface area contributed by atoms with E-state index in [9.17, 15) is 14.7 Å². The molecule has 1 N–H and O–H groups in total. The van der Waals surface area contributed by atoms with E-state index in [1.165, 1.54) is 11.2 Å². The van der Waals surface area contributed by atoms with Gasteiger partial charge in [-0.05, 0) is 37.1 Å². The van der Waals surface area contributed by atoms with E-state index < -0.39 is 17.7 Å². The van der Waals surface area contributed by atoms with Crippen LogP contribution in [0, 0.1) is 13.8 Å². The second kappa shape index (κ2) is 6.59. The highest BCUT2D eigenvalue weighted by Crippen LogP contribution is 2.39. The molecule has 0 aliphatic carbocycles. The minimum Gasteiger partial charge on any atom is -0.503 e. The van der Waals surface area contributed by atoms with Crippen molar-refractivity contribution in [2.75, 3.05) is 0 Å². The molecule has 1 unspecified atom stereocenters. The zero-order chi connectivity index (χ0) is 18.1. The van der Waals surface area contributed by atoms with Gasteiger partial charge in [-0.1, -0.05) is 30.7 Å². The molecule has 0 bridgehead atoms. The van der Waals surface area contributed by atoms with Crippen LogP contribution in [0.4, 0.5) is 0 Å². The third kappa shape index (κ3) is 2.97. The van der Waals surface area contributed by atoms with E-state index in [-0.39, 0.29) is 17.8 Å². The molecule has 0 fully saturated rings. The maximum atomic E-state index is 12.7. The lowest BCUT2D eigenvalue weighted by Gasteiger charge is -2.25. The number of Topliss-reactive ketones (excluding diaryl/α,β-unsaturated/α-hetero) is 1. The molecule has 1 aromatic heterocycles. The Morgan fingerprint density at radius 1 is 1.28 bits per heavy atom. The standard InChI is InChI=1S/C20H21NO4/c1-4-15(22)17-18(16-6-5-9-25-16)21(20(24)19(17)23)11-14-10-12(2)7-8-13(14)3/h5-10,18,23H,4,11H2,1-3H3. The van der Waals surface area contributed by atoms with Gasteiger partial charge in [0, 0.05) is 13.0 Å². The first-order valence-electron chi connectivity index (χ1n) is 8.30. The Kier molecular flexibility index (Phi) is 4.49. The molecule has 0 saturated carbocycles. The summed E-state index contributed by atoms with van der Waals surface area (Å²) in [6, 6.07) is 8.75. The fraction of sp³-hybridized carbons (Fsp3) is 0.300. The number of rotatable bonds is 5. The van der Waals surface area contributed by atoms with Crippen LogP contribution in [-0.4, -0.2) is 21.7 Å². The molecular formula is C20H21NO4. The Bertz CT molecular complexity index is 849. The maximum Gasteiger partial charge on any atom is 0.290 e. The number of nitrogens with zero attached hydrogens (tertiary/aromatic N) is 1. The van der Waals surface area contributed by atoms with Gasteiger partial charge in [-0.2, -0.15) is 0 Å². The summed E-state index contributed by atoms with van der Waals surface area (Å²) in [5.41, 5.74) is 3.23. The van der Waals surface area contributed by atoms with Gasteiger partial charge < -0.3 is 14.4 Å². The number of amides is 1. The van der Waals surface area contributed by atoms with Crippen molar-refractivity contribution >= 4 is 11.7 Å². The Labute approximate surface area is 146 Å². The third-order valence-corrected chi connectivity index (χ3v) is 4.58. The van der Waals surface area contributed by atoms with Gasteiger partial charge in [0.05, 0.1) is 11.8 Å². The second-order valence-corrected chi connectivity index (χ2v) is 6.32. The summed E-state index contributed by atoms with van der Waals surface area (Å²) in [6.45, 7) is 5.96. The normalized spacial score (nSPS) is 17.5. The first-order chi connectivity index (χ1) is 11.9. The van der Waals surface area contributed by atoms with Gasteiger partial charge in [0.1, 0.15) is 11.8 Å². The van der Waals surface area contributed by atoms with Gasteiger partial charge in [-0.3, -0.25) is 9.59 Å². The molecule has 130 valence electrons.